The number of nitrogens with zero attached hydrogens (tertiary/aromatic N) is 1. The number of rotatable bonds is 5. The van der Waals surface area contributed by atoms with Crippen LogP contribution in [0, 0.1) is 0 Å². The van der Waals surface area contributed by atoms with Gasteiger partial charge >= 0.3 is 5.97 Å². The van der Waals surface area contributed by atoms with Crippen molar-refractivity contribution in [2.24, 2.45) is 0 Å². The van der Waals surface area contributed by atoms with Crippen LogP contribution < -0.4 is 4.74 Å². The van der Waals surface area contributed by atoms with Crippen molar-refractivity contribution in [3.63, 3.8) is 0 Å². The second-order valence-corrected chi connectivity index (χ2v) is 4.44. The smallest absolute Gasteiger partial charge is 0.317 e. The van der Waals surface area contributed by atoms with Gasteiger partial charge in [-0.2, -0.15) is 0 Å². The van der Waals surface area contributed by atoms with E-state index in [4.69, 9.17) is 9.84 Å². The fraction of sp³-hybridized carbons (Fsp3) is 0.364. The van der Waals surface area contributed by atoms with Crippen LogP contribution in [-0.2, 0) is 11.3 Å². The van der Waals surface area contributed by atoms with Crippen LogP contribution in [0.5, 0.6) is 5.75 Å². The summed E-state index contributed by atoms with van der Waals surface area (Å²) < 4.78 is 6.16. The number of hydrogen-bond acceptors (Lipinski definition) is 3. The molecule has 0 spiro atoms. The summed E-state index contributed by atoms with van der Waals surface area (Å²) in [4.78, 5) is 12.3. The molecule has 0 fully saturated rings. The molecule has 0 saturated carbocycles. The second-order valence-electron chi connectivity index (χ2n) is 3.52. The average Bonchev–Trinajstić information content (AvgIpc) is 2.16. The maximum atomic E-state index is 10.5. The van der Waals surface area contributed by atoms with E-state index in [2.05, 4.69) is 15.9 Å². The lowest BCUT2D eigenvalue weighted by Crippen LogP contribution is -2.25. The Hall–Kier alpha value is -1.07. The van der Waals surface area contributed by atoms with Crippen LogP contribution in [0.1, 0.15) is 5.56 Å². The number of benzene rings is 1. The molecule has 0 radical (unpaired) electrons. The predicted octanol–water partition coefficient (Wildman–Crippen LogP) is 1.97. The van der Waals surface area contributed by atoms with Gasteiger partial charge in [-0.15, -0.1) is 0 Å². The molecule has 88 valence electrons. The Labute approximate surface area is 103 Å². The zero-order valence-electron chi connectivity index (χ0n) is 9.24. The van der Waals surface area contributed by atoms with Crippen LogP contribution in [0.2, 0.25) is 0 Å². The molecule has 0 aliphatic heterocycles. The molecule has 0 aliphatic rings. The van der Waals surface area contributed by atoms with Gasteiger partial charge in [0, 0.05) is 16.6 Å². The molecule has 0 aromatic heterocycles. The standard InChI is InChI=1S/C11H14BrNO3/c1-13(7-11(14)15)6-8-5-9(12)3-4-10(8)16-2/h3-5H,6-7H2,1-2H3,(H,14,15). The van der Waals surface area contributed by atoms with Crippen LogP contribution >= 0.6 is 15.9 Å². The van der Waals surface area contributed by atoms with E-state index in [0.717, 1.165) is 15.8 Å². The van der Waals surface area contributed by atoms with Gasteiger partial charge in [-0.3, -0.25) is 9.69 Å². The third kappa shape index (κ3) is 3.83. The van der Waals surface area contributed by atoms with Gasteiger partial charge in [0.2, 0.25) is 0 Å². The zero-order chi connectivity index (χ0) is 12.1. The molecule has 0 saturated heterocycles. The quantitative estimate of drug-likeness (QED) is 0.900. The van der Waals surface area contributed by atoms with Crippen LogP contribution in [0.3, 0.4) is 0 Å². The van der Waals surface area contributed by atoms with Crippen molar-refractivity contribution in [3.8, 4) is 5.75 Å². The number of carbonyl (C=O) groups is 1. The van der Waals surface area contributed by atoms with Crippen LogP contribution in [-0.4, -0.2) is 36.7 Å². The molecule has 0 heterocycles. The fourth-order valence-corrected chi connectivity index (χ4v) is 1.86. The van der Waals surface area contributed by atoms with Gasteiger partial charge in [0.15, 0.2) is 0 Å². The van der Waals surface area contributed by atoms with E-state index in [9.17, 15) is 4.79 Å². The van der Waals surface area contributed by atoms with Crippen molar-refractivity contribution in [1.82, 2.24) is 4.90 Å². The van der Waals surface area contributed by atoms with E-state index in [1.807, 2.05) is 18.2 Å². The van der Waals surface area contributed by atoms with Crippen molar-refractivity contribution >= 4 is 21.9 Å². The largest absolute Gasteiger partial charge is 0.496 e. The lowest BCUT2D eigenvalue weighted by molar-refractivity contribution is -0.138. The van der Waals surface area contributed by atoms with Gasteiger partial charge < -0.3 is 9.84 Å². The Morgan fingerprint density at radius 3 is 2.81 bits per heavy atom. The Morgan fingerprint density at radius 1 is 1.56 bits per heavy atom. The fourth-order valence-electron chi connectivity index (χ4n) is 1.45. The number of hydrogen-bond donors (Lipinski definition) is 1. The molecule has 5 heteroatoms. The minimum Gasteiger partial charge on any atom is -0.496 e. The average molecular weight is 288 g/mol. The number of halogens is 1. The first kappa shape index (κ1) is 13.0. The SMILES string of the molecule is COc1ccc(Br)cc1CN(C)CC(=O)O. The van der Waals surface area contributed by atoms with Crippen molar-refractivity contribution < 1.29 is 14.6 Å². The Bertz CT molecular complexity index is 381. The molecule has 1 rings (SSSR count). The third-order valence-corrected chi connectivity index (χ3v) is 2.58. The molecule has 16 heavy (non-hydrogen) atoms. The lowest BCUT2D eigenvalue weighted by Gasteiger charge is -2.16. The molecule has 0 bridgehead atoms. The number of methoxy groups -OCH3 is 1. The molecule has 0 unspecified atom stereocenters. The van der Waals surface area contributed by atoms with Crippen molar-refractivity contribution in [1.29, 1.82) is 0 Å². The zero-order valence-corrected chi connectivity index (χ0v) is 10.8. The molecule has 1 aromatic rings. The molecule has 0 atom stereocenters. The van der Waals surface area contributed by atoms with E-state index < -0.39 is 5.97 Å². The Balaban J connectivity index is 2.78. The van der Waals surface area contributed by atoms with E-state index in [0.29, 0.717) is 6.54 Å². The van der Waals surface area contributed by atoms with Gasteiger partial charge in [0.1, 0.15) is 5.75 Å². The minimum absolute atomic E-state index is 0.00959. The van der Waals surface area contributed by atoms with Crippen molar-refractivity contribution in [3.05, 3.63) is 28.2 Å². The summed E-state index contributed by atoms with van der Waals surface area (Å²) >= 11 is 3.38. The van der Waals surface area contributed by atoms with E-state index in [1.54, 1.807) is 19.1 Å². The maximum Gasteiger partial charge on any atom is 0.317 e. The van der Waals surface area contributed by atoms with E-state index in [-0.39, 0.29) is 6.54 Å². The number of ether oxygens (including phenoxy) is 1. The van der Waals surface area contributed by atoms with E-state index in [1.165, 1.54) is 0 Å². The van der Waals surface area contributed by atoms with Gasteiger partial charge in [0.05, 0.1) is 13.7 Å². The number of carboxylic acid groups (broad SMARTS) is 1. The topological polar surface area (TPSA) is 49.8 Å². The lowest BCUT2D eigenvalue weighted by atomic mass is 10.2. The van der Waals surface area contributed by atoms with E-state index >= 15 is 0 Å². The molecule has 0 aliphatic carbocycles. The highest BCUT2D eigenvalue weighted by molar-refractivity contribution is 9.10. The van der Waals surface area contributed by atoms with Crippen LogP contribution in [0.15, 0.2) is 22.7 Å². The van der Waals surface area contributed by atoms with Crippen LogP contribution in [0.4, 0.5) is 0 Å². The first-order chi connectivity index (χ1) is 7.52. The van der Waals surface area contributed by atoms with Gasteiger partial charge in [0.25, 0.3) is 0 Å². The summed E-state index contributed by atoms with van der Waals surface area (Å²) in [5.74, 6) is -0.0723. The number of carboxylic acids is 1. The highest BCUT2D eigenvalue weighted by Crippen LogP contribution is 2.23. The summed E-state index contributed by atoms with van der Waals surface area (Å²) in [5, 5.41) is 8.66. The number of likely N-dealkylation sites (N-methyl/N-ethyl adjacent to an activating group) is 1. The monoisotopic (exact) mass is 287 g/mol. The third-order valence-electron chi connectivity index (χ3n) is 2.09. The summed E-state index contributed by atoms with van der Waals surface area (Å²) in [6, 6.07) is 5.67. The Kier molecular flexibility index (Phi) is 4.76. The second kappa shape index (κ2) is 5.86. The molecule has 4 nitrogen and oxygen atoms in total. The number of aliphatic carboxylic acids is 1. The predicted molar refractivity (Wildman–Crippen MR) is 64.7 cm³/mol. The van der Waals surface area contributed by atoms with Gasteiger partial charge in [-0.1, -0.05) is 15.9 Å². The summed E-state index contributed by atoms with van der Waals surface area (Å²) in [6.45, 7) is 0.546. The van der Waals surface area contributed by atoms with Gasteiger partial charge in [-0.05, 0) is 25.2 Å². The maximum absolute atomic E-state index is 10.5. The minimum atomic E-state index is -0.837. The molecule has 1 N–H and O–H groups in total. The van der Waals surface area contributed by atoms with Gasteiger partial charge in [-0.25, -0.2) is 0 Å². The summed E-state index contributed by atoms with van der Waals surface area (Å²) in [7, 11) is 3.36. The molecular formula is C11H14BrNO3. The highest BCUT2D eigenvalue weighted by atomic mass is 79.9. The highest BCUT2D eigenvalue weighted by Gasteiger charge is 2.09. The van der Waals surface area contributed by atoms with Crippen molar-refractivity contribution in [2.45, 2.75) is 6.54 Å². The van der Waals surface area contributed by atoms with Crippen LogP contribution in [0.25, 0.3) is 0 Å². The molecule has 0 amide bonds. The van der Waals surface area contributed by atoms with Crippen molar-refractivity contribution in [2.75, 3.05) is 20.7 Å². The normalized spacial score (nSPS) is 10.5. The molecule has 1 aromatic carbocycles. The Morgan fingerprint density at radius 2 is 2.25 bits per heavy atom. The first-order valence-corrected chi connectivity index (χ1v) is 5.55. The summed E-state index contributed by atoms with van der Waals surface area (Å²) in [5.41, 5.74) is 0.959. The summed E-state index contributed by atoms with van der Waals surface area (Å²) in [6.07, 6.45) is 0. The first-order valence-electron chi connectivity index (χ1n) is 4.75. The molecular weight excluding hydrogens is 274 g/mol.